The zero-order valence-corrected chi connectivity index (χ0v) is 16.1. The monoisotopic (exact) mass is 349 g/mol. The first-order chi connectivity index (χ1) is 11.5. The molecule has 0 saturated carbocycles. The number of hydrogen-bond acceptors (Lipinski definition) is 5. The van der Waals surface area contributed by atoms with Crippen molar-refractivity contribution in [1.82, 2.24) is 10.2 Å². The van der Waals surface area contributed by atoms with Gasteiger partial charge in [0.1, 0.15) is 17.5 Å². The number of hydrogen-bond donors (Lipinski definition) is 2. The van der Waals surface area contributed by atoms with E-state index < -0.39 is 11.3 Å². The van der Waals surface area contributed by atoms with Crippen molar-refractivity contribution in [2.75, 3.05) is 12.3 Å². The molecule has 2 rings (SSSR count). The topological polar surface area (TPSA) is 76.8 Å². The van der Waals surface area contributed by atoms with Crippen molar-refractivity contribution in [3.05, 3.63) is 29.8 Å². The molecule has 1 aliphatic rings. The molecule has 1 heterocycles. The number of nitrogens with two attached hydrogens (primary N) is 1. The van der Waals surface area contributed by atoms with Crippen molar-refractivity contribution in [2.45, 2.75) is 71.6 Å². The summed E-state index contributed by atoms with van der Waals surface area (Å²) in [6.07, 6.45) is 0.103. The quantitative estimate of drug-likeness (QED) is 0.817. The normalized spacial score (nSPS) is 22.9. The molecule has 0 aromatic heterocycles. The molecule has 1 aliphatic heterocycles. The molecule has 0 spiro atoms. The summed E-state index contributed by atoms with van der Waals surface area (Å²) < 4.78 is 11.5. The highest BCUT2D eigenvalue weighted by molar-refractivity contribution is 5.69. The number of amides is 1. The third-order valence-electron chi connectivity index (χ3n) is 4.11. The van der Waals surface area contributed by atoms with Crippen LogP contribution in [0.25, 0.3) is 0 Å². The number of carbonyl (C=O) groups is 1. The van der Waals surface area contributed by atoms with Gasteiger partial charge in [-0.15, -0.1) is 0 Å². The molecule has 6 heteroatoms. The maximum atomic E-state index is 12.7. The molecule has 0 aliphatic carbocycles. The lowest BCUT2D eigenvalue weighted by Gasteiger charge is -2.35. The summed E-state index contributed by atoms with van der Waals surface area (Å²) in [4.78, 5) is 14.3. The van der Waals surface area contributed by atoms with E-state index >= 15 is 0 Å². The SMILES string of the molecule is C[C@@H]1OC(C)(C)N(C(=O)OC(C)(C)C)C1NCCc1ccc(N)cc1. The highest BCUT2D eigenvalue weighted by Gasteiger charge is 2.49. The Morgan fingerprint density at radius 3 is 2.48 bits per heavy atom. The van der Waals surface area contributed by atoms with Crippen molar-refractivity contribution >= 4 is 11.8 Å². The number of carbonyl (C=O) groups excluding carboxylic acids is 1. The van der Waals surface area contributed by atoms with E-state index in [2.05, 4.69) is 5.32 Å². The third-order valence-corrected chi connectivity index (χ3v) is 4.11. The van der Waals surface area contributed by atoms with Crippen LogP contribution in [0.1, 0.15) is 47.1 Å². The van der Waals surface area contributed by atoms with Crippen LogP contribution in [0.3, 0.4) is 0 Å². The van der Waals surface area contributed by atoms with Crippen molar-refractivity contribution in [3.8, 4) is 0 Å². The summed E-state index contributed by atoms with van der Waals surface area (Å²) in [6, 6.07) is 7.82. The molecule has 140 valence electrons. The van der Waals surface area contributed by atoms with E-state index in [4.69, 9.17) is 15.2 Å². The third kappa shape index (κ3) is 5.09. The number of rotatable bonds is 4. The van der Waals surface area contributed by atoms with Gasteiger partial charge in [-0.1, -0.05) is 12.1 Å². The smallest absolute Gasteiger partial charge is 0.413 e. The Kier molecular flexibility index (Phi) is 5.64. The molecular weight excluding hydrogens is 318 g/mol. The van der Waals surface area contributed by atoms with Crippen LogP contribution in [0.5, 0.6) is 0 Å². The van der Waals surface area contributed by atoms with Gasteiger partial charge in [-0.2, -0.15) is 0 Å². The minimum atomic E-state index is -0.722. The average molecular weight is 349 g/mol. The molecule has 0 bridgehead atoms. The van der Waals surface area contributed by atoms with Gasteiger partial charge in [0, 0.05) is 12.2 Å². The van der Waals surface area contributed by atoms with Gasteiger partial charge < -0.3 is 15.2 Å². The Bertz CT molecular complexity index is 593. The largest absolute Gasteiger partial charge is 0.444 e. The van der Waals surface area contributed by atoms with Gasteiger partial charge in [0.25, 0.3) is 0 Å². The first-order valence-corrected chi connectivity index (χ1v) is 8.77. The zero-order valence-electron chi connectivity index (χ0n) is 16.1. The summed E-state index contributed by atoms with van der Waals surface area (Å²) in [5.74, 6) is 0. The Labute approximate surface area is 150 Å². The molecule has 0 radical (unpaired) electrons. The molecule has 25 heavy (non-hydrogen) atoms. The second kappa shape index (κ2) is 7.22. The molecule has 6 nitrogen and oxygen atoms in total. The van der Waals surface area contributed by atoms with Crippen LogP contribution in [0.4, 0.5) is 10.5 Å². The van der Waals surface area contributed by atoms with Gasteiger partial charge >= 0.3 is 6.09 Å². The number of nitrogens with zero attached hydrogens (tertiary/aromatic N) is 1. The van der Waals surface area contributed by atoms with Crippen LogP contribution in [0.15, 0.2) is 24.3 Å². The van der Waals surface area contributed by atoms with Crippen LogP contribution < -0.4 is 11.1 Å². The lowest BCUT2D eigenvalue weighted by Crippen LogP contribution is -2.55. The van der Waals surface area contributed by atoms with Crippen molar-refractivity contribution in [2.24, 2.45) is 0 Å². The number of anilines is 1. The molecule has 1 fully saturated rings. The molecule has 1 amide bonds. The Morgan fingerprint density at radius 1 is 1.32 bits per heavy atom. The number of benzene rings is 1. The predicted octanol–water partition coefficient (Wildman–Crippen LogP) is 3.12. The van der Waals surface area contributed by atoms with Crippen molar-refractivity contribution in [3.63, 3.8) is 0 Å². The van der Waals surface area contributed by atoms with Gasteiger partial charge in [0.15, 0.2) is 0 Å². The second-order valence-electron chi connectivity index (χ2n) is 8.01. The van der Waals surface area contributed by atoms with Crippen LogP contribution in [0.2, 0.25) is 0 Å². The number of ether oxygens (including phenoxy) is 2. The average Bonchev–Trinajstić information content (AvgIpc) is 2.68. The van der Waals surface area contributed by atoms with Gasteiger partial charge in [0.05, 0.1) is 6.10 Å². The van der Waals surface area contributed by atoms with E-state index in [0.29, 0.717) is 0 Å². The maximum Gasteiger partial charge on any atom is 0.413 e. The lowest BCUT2D eigenvalue weighted by molar-refractivity contribution is -0.0759. The molecule has 1 saturated heterocycles. The van der Waals surface area contributed by atoms with E-state index in [0.717, 1.165) is 18.7 Å². The first-order valence-electron chi connectivity index (χ1n) is 8.77. The van der Waals surface area contributed by atoms with Crippen molar-refractivity contribution < 1.29 is 14.3 Å². The standard InChI is InChI=1S/C19H31N3O3/c1-13-16(21-12-11-14-7-9-15(20)10-8-14)22(19(5,6)24-13)17(23)25-18(2,3)4/h7-10,13,16,21H,11-12,20H2,1-6H3/t13-,16?/m0/s1. The van der Waals surface area contributed by atoms with Crippen LogP contribution in [-0.4, -0.2) is 41.1 Å². The van der Waals surface area contributed by atoms with Crippen LogP contribution in [-0.2, 0) is 15.9 Å². The second-order valence-corrected chi connectivity index (χ2v) is 8.01. The fourth-order valence-corrected chi connectivity index (χ4v) is 3.07. The Hall–Kier alpha value is -1.79. The van der Waals surface area contributed by atoms with Gasteiger partial charge in [-0.3, -0.25) is 10.2 Å². The molecule has 2 atom stereocenters. The van der Waals surface area contributed by atoms with Gasteiger partial charge in [-0.05, 0) is 65.7 Å². The molecule has 1 aromatic carbocycles. The molecular formula is C19H31N3O3. The van der Waals surface area contributed by atoms with E-state index in [1.54, 1.807) is 4.90 Å². The summed E-state index contributed by atoms with van der Waals surface area (Å²) in [7, 11) is 0. The van der Waals surface area contributed by atoms with Gasteiger partial charge in [0.2, 0.25) is 0 Å². The summed E-state index contributed by atoms with van der Waals surface area (Å²) in [6.45, 7) is 12.0. The highest BCUT2D eigenvalue weighted by Crippen LogP contribution is 2.32. The number of nitrogens with one attached hydrogen (secondary N) is 1. The van der Waals surface area contributed by atoms with E-state index in [1.807, 2.05) is 65.8 Å². The van der Waals surface area contributed by atoms with E-state index in [9.17, 15) is 4.79 Å². The highest BCUT2D eigenvalue weighted by atomic mass is 16.6. The van der Waals surface area contributed by atoms with E-state index in [1.165, 1.54) is 5.56 Å². The fourth-order valence-electron chi connectivity index (χ4n) is 3.07. The first kappa shape index (κ1) is 19.5. The summed E-state index contributed by atoms with van der Waals surface area (Å²) >= 11 is 0. The Balaban J connectivity index is 2.02. The van der Waals surface area contributed by atoms with Gasteiger partial charge in [-0.25, -0.2) is 4.79 Å². The van der Waals surface area contributed by atoms with Crippen LogP contribution in [0, 0.1) is 0 Å². The maximum absolute atomic E-state index is 12.7. The zero-order chi connectivity index (χ0) is 18.8. The summed E-state index contributed by atoms with van der Waals surface area (Å²) in [5, 5.41) is 3.44. The Morgan fingerprint density at radius 2 is 1.92 bits per heavy atom. The molecule has 1 unspecified atom stereocenters. The van der Waals surface area contributed by atoms with Crippen molar-refractivity contribution in [1.29, 1.82) is 0 Å². The minimum Gasteiger partial charge on any atom is -0.444 e. The predicted molar refractivity (Wildman–Crippen MR) is 99.0 cm³/mol. The molecule has 1 aromatic rings. The lowest BCUT2D eigenvalue weighted by atomic mass is 10.1. The molecule has 3 N–H and O–H groups in total. The van der Waals surface area contributed by atoms with E-state index in [-0.39, 0.29) is 18.4 Å². The number of nitrogen functional groups attached to an aromatic ring is 1. The minimum absolute atomic E-state index is 0.131. The van der Waals surface area contributed by atoms with Crippen LogP contribution >= 0.6 is 0 Å². The summed E-state index contributed by atoms with van der Waals surface area (Å²) in [5.41, 5.74) is 6.39. The fraction of sp³-hybridized carbons (Fsp3) is 0.632.